The first-order chi connectivity index (χ1) is 13.7. The number of amides is 2. The first kappa shape index (κ1) is 20.2. The molecule has 0 aliphatic carbocycles. The lowest BCUT2D eigenvalue weighted by molar-refractivity contribution is 0.0954. The average Bonchev–Trinajstić information content (AvgIpc) is 3.28. The van der Waals surface area contributed by atoms with E-state index in [1.807, 2.05) is 41.8 Å². The van der Waals surface area contributed by atoms with Crippen LogP contribution in [0, 0.1) is 0 Å². The van der Waals surface area contributed by atoms with Gasteiger partial charge in [0, 0.05) is 18.5 Å². The van der Waals surface area contributed by atoms with E-state index in [0.29, 0.717) is 22.7 Å². The van der Waals surface area contributed by atoms with Crippen molar-refractivity contribution in [2.45, 2.75) is 11.3 Å². The van der Waals surface area contributed by atoms with Crippen molar-refractivity contribution in [1.82, 2.24) is 5.32 Å². The number of rotatable bonds is 8. The van der Waals surface area contributed by atoms with Crippen molar-refractivity contribution >= 4 is 40.6 Å². The highest BCUT2D eigenvalue weighted by Crippen LogP contribution is 2.23. The molecular weight excluding hydrogens is 388 g/mol. The minimum atomic E-state index is -0.161. The maximum atomic E-state index is 12.7. The van der Waals surface area contributed by atoms with E-state index >= 15 is 0 Å². The molecule has 0 unspecified atom stereocenters. The maximum Gasteiger partial charge on any atom is 0.268 e. The Labute approximate surface area is 173 Å². The summed E-state index contributed by atoms with van der Waals surface area (Å²) in [5.41, 5.74) is 1.11. The van der Waals surface area contributed by atoms with Gasteiger partial charge >= 0.3 is 0 Å². The van der Waals surface area contributed by atoms with Gasteiger partial charge in [0.1, 0.15) is 0 Å². The lowest BCUT2D eigenvalue weighted by Gasteiger charge is -2.19. The Bertz CT molecular complexity index is 911. The summed E-state index contributed by atoms with van der Waals surface area (Å²) in [5, 5.41) is 4.83. The van der Waals surface area contributed by atoms with Gasteiger partial charge in [-0.15, -0.1) is 23.1 Å². The highest BCUT2D eigenvalue weighted by Gasteiger charge is 2.19. The van der Waals surface area contributed by atoms with Crippen molar-refractivity contribution < 1.29 is 9.59 Å². The number of thiophene rings is 1. The first-order valence-corrected chi connectivity index (χ1v) is 10.9. The second kappa shape index (κ2) is 10.1. The first-order valence-electron chi connectivity index (χ1n) is 9.03. The topological polar surface area (TPSA) is 49.4 Å². The van der Waals surface area contributed by atoms with E-state index in [1.165, 1.54) is 21.1 Å². The SMILES string of the molecule is CN(C(=O)c1cccs1)c1ccccc1C(=O)NCCCSc1ccccc1. The van der Waals surface area contributed by atoms with Crippen LogP contribution in [0.15, 0.2) is 77.0 Å². The molecule has 0 aliphatic heterocycles. The third-order valence-corrected chi connectivity index (χ3v) is 6.12. The van der Waals surface area contributed by atoms with Gasteiger partial charge in [-0.3, -0.25) is 9.59 Å². The van der Waals surface area contributed by atoms with Gasteiger partial charge in [-0.2, -0.15) is 0 Å². The molecule has 1 heterocycles. The lowest BCUT2D eigenvalue weighted by atomic mass is 10.1. The molecule has 0 radical (unpaired) electrons. The van der Waals surface area contributed by atoms with Crippen molar-refractivity contribution in [2.24, 2.45) is 0 Å². The van der Waals surface area contributed by atoms with Crippen LogP contribution < -0.4 is 10.2 Å². The van der Waals surface area contributed by atoms with Gasteiger partial charge in [0.15, 0.2) is 0 Å². The Morgan fingerprint density at radius 1 is 1.00 bits per heavy atom. The average molecular weight is 411 g/mol. The van der Waals surface area contributed by atoms with E-state index in [-0.39, 0.29) is 11.8 Å². The molecule has 3 rings (SSSR count). The molecule has 0 spiro atoms. The fourth-order valence-corrected chi connectivity index (χ4v) is 4.28. The van der Waals surface area contributed by atoms with Crippen molar-refractivity contribution in [1.29, 1.82) is 0 Å². The smallest absolute Gasteiger partial charge is 0.268 e. The molecule has 0 fully saturated rings. The van der Waals surface area contributed by atoms with E-state index in [9.17, 15) is 9.59 Å². The summed E-state index contributed by atoms with van der Waals surface area (Å²) >= 11 is 3.17. The van der Waals surface area contributed by atoms with Crippen LogP contribution in [0.25, 0.3) is 0 Å². The normalized spacial score (nSPS) is 10.5. The molecule has 1 N–H and O–H groups in total. The molecule has 28 heavy (non-hydrogen) atoms. The summed E-state index contributed by atoms with van der Waals surface area (Å²) in [6, 6.07) is 21.0. The standard InChI is InChI=1S/C22H22N2O2S2/c1-24(22(26)20-13-7-15-28-20)19-12-6-5-11-18(19)21(25)23-14-8-16-27-17-9-3-2-4-10-17/h2-7,9-13,15H,8,14,16H2,1H3,(H,23,25). The number of hydrogen-bond donors (Lipinski definition) is 1. The molecule has 0 saturated heterocycles. The molecule has 1 aromatic heterocycles. The summed E-state index contributed by atoms with van der Waals surface area (Å²) in [4.78, 5) is 28.7. The summed E-state index contributed by atoms with van der Waals surface area (Å²) in [7, 11) is 1.70. The highest BCUT2D eigenvalue weighted by molar-refractivity contribution is 7.99. The molecule has 0 bridgehead atoms. The van der Waals surface area contributed by atoms with Crippen LogP contribution in [0.3, 0.4) is 0 Å². The van der Waals surface area contributed by atoms with Crippen LogP contribution in [-0.2, 0) is 0 Å². The Hall–Kier alpha value is -2.57. The molecule has 6 heteroatoms. The van der Waals surface area contributed by atoms with Crippen LogP contribution in [0.2, 0.25) is 0 Å². The van der Waals surface area contributed by atoms with E-state index in [4.69, 9.17) is 0 Å². The molecule has 0 aliphatic rings. The fraction of sp³-hybridized carbons (Fsp3) is 0.182. The second-order valence-electron chi connectivity index (χ2n) is 6.13. The molecule has 4 nitrogen and oxygen atoms in total. The maximum absolute atomic E-state index is 12.7. The number of para-hydroxylation sites is 1. The molecule has 2 amide bonds. The molecule has 0 saturated carbocycles. The van der Waals surface area contributed by atoms with Gasteiger partial charge < -0.3 is 10.2 Å². The monoisotopic (exact) mass is 410 g/mol. The van der Waals surface area contributed by atoms with E-state index in [1.54, 1.807) is 37.0 Å². The summed E-state index contributed by atoms with van der Waals surface area (Å²) in [6.07, 6.45) is 0.872. The number of nitrogens with one attached hydrogen (secondary N) is 1. The minimum absolute atomic E-state index is 0.116. The molecule has 2 aromatic carbocycles. The van der Waals surface area contributed by atoms with Crippen LogP contribution in [0.5, 0.6) is 0 Å². The van der Waals surface area contributed by atoms with Gasteiger partial charge in [-0.05, 0) is 47.9 Å². The Morgan fingerprint density at radius 2 is 1.75 bits per heavy atom. The van der Waals surface area contributed by atoms with Gasteiger partial charge in [0.25, 0.3) is 11.8 Å². The summed E-state index contributed by atoms with van der Waals surface area (Å²) in [6.45, 7) is 0.593. The number of anilines is 1. The zero-order valence-electron chi connectivity index (χ0n) is 15.6. The Kier molecular flexibility index (Phi) is 7.28. The Balaban J connectivity index is 1.56. The zero-order valence-corrected chi connectivity index (χ0v) is 17.3. The summed E-state index contributed by atoms with van der Waals surface area (Å²) < 4.78 is 0. The summed E-state index contributed by atoms with van der Waals surface area (Å²) in [5.74, 6) is 0.656. The number of thioether (sulfide) groups is 1. The van der Waals surface area contributed by atoms with Crippen molar-refractivity contribution in [2.75, 3.05) is 24.2 Å². The molecule has 0 atom stereocenters. The van der Waals surface area contributed by atoms with Crippen molar-refractivity contribution in [3.63, 3.8) is 0 Å². The van der Waals surface area contributed by atoms with E-state index in [2.05, 4.69) is 17.4 Å². The number of hydrogen-bond acceptors (Lipinski definition) is 4. The van der Waals surface area contributed by atoms with Gasteiger partial charge in [-0.1, -0.05) is 36.4 Å². The quantitative estimate of drug-likeness (QED) is 0.423. The molecule has 3 aromatic rings. The second-order valence-corrected chi connectivity index (χ2v) is 8.25. The third kappa shape index (κ3) is 5.24. The van der Waals surface area contributed by atoms with E-state index in [0.717, 1.165) is 12.2 Å². The number of carbonyl (C=O) groups excluding carboxylic acids is 2. The van der Waals surface area contributed by atoms with E-state index < -0.39 is 0 Å². The largest absolute Gasteiger partial charge is 0.352 e. The van der Waals surface area contributed by atoms with Gasteiger partial charge in [0.2, 0.25) is 0 Å². The van der Waals surface area contributed by atoms with Crippen LogP contribution in [0.4, 0.5) is 5.69 Å². The molecular formula is C22H22N2O2S2. The van der Waals surface area contributed by atoms with Crippen molar-refractivity contribution in [3.8, 4) is 0 Å². The number of carbonyl (C=O) groups is 2. The predicted octanol–water partition coefficient (Wildman–Crippen LogP) is 4.94. The predicted molar refractivity (Wildman–Crippen MR) is 118 cm³/mol. The third-order valence-electron chi connectivity index (χ3n) is 4.17. The zero-order chi connectivity index (χ0) is 19.8. The lowest BCUT2D eigenvalue weighted by Crippen LogP contribution is -2.30. The van der Waals surface area contributed by atoms with Crippen LogP contribution in [0.1, 0.15) is 26.5 Å². The highest BCUT2D eigenvalue weighted by atomic mass is 32.2. The number of benzene rings is 2. The Morgan fingerprint density at radius 3 is 2.50 bits per heavy atom. The van der Waals surface area contributed by atoms with Gasteiger partial charge in [-0.25, -0.2) is 0 Å². The van der Waals surface area contributed by atoms with Crippen LogP contribution >= 0.6 is 23.1 Å². The fourth-order valence-electron chi connectivity index (χ4n) is 2.71. The van der Waals surface area contributed by atoms with Gasteiger partial charge in [0.05, 0.1) is 16.1 Å². The number of nitrogens with zero attached hydrogens (tertiary/aromatic N) is 1. The van der Waals surface area contributed by atoms with Crippen LogP contribution in [-0.4, -0.2) is 31.2 Å². The molecule has 144 valence electrons. The minimum Gasteiger partial charge on any atom is -0.352 e. The van der Waals surface area contributed by atoms with Crippen molar-refractivity contribution in [3.05, 3.63) is 82.6 Å².